The van der Waals surface area contributed by atoms with Crippen molar-refractivity contribution in [3.05, 3.63) is 35.6 Å². The Bertz CT molecular complexity index is 531. The molecule has 1 atom stereocenters. The highest BCUT2D eigenvalue weighted by Crippen LogP contribution is 2.22. The largest absolute Gasteiger partial charge is 0.387 e. The van der Waals surface area contributed by atoms with Crippen molar-refractivity contribution in [1.82, 2.24) is 10.2 Å². The van der Waals surface area contributed by atoms with Gasteiger partial charge in [0.15, 0.2) is 0 Å². The number of carbonyl (C=O) groups excluding carboxylic acids is 1. The highest BCUT2D eigenvalue weighted by molar-refractivity contribution is 5.76. The third-order valence-corrected chi connectivity index (χ3v) is 4.38. The van der Waals surface area contributed by atoms with Gasteiger partial charge in [0.1, 0.15) is 5.82 Å². The van der Waals surface area contributed by atoms with E-state index < -0.39 is 6.10 Å². The first-order chi connectivity index (χ1) is 11.2. The van der Waals surface area contributed by atoms with Crippen LogP contribution in [0.3, 0.4) is 0 Å². The molecule has 1 aromatic carbocycles. The predicted molar refractivity (Wildman–Crippen MR) is 93.0 cm³/mol. The standard InChI is InChI=1S/C19H29FN2O2/c1-19(2,3)12-18(24)22-10-8-16(9-11-22)21-13-17(23)14-4-6-15(20)7-5-14/h4-7,16-17,21,23H,8-13H2,1-3H3. The Morgan fingerprint density at radius 2 is 1.88 bits per heavy atom. The summed E-state index contributed by atoms with van der Waals surface area (Å²) >= 11 is 0. The molecule has 2 N–H and O–H groups in total. The van der Waals surface area contributed by atoms with E-state index in [9.17, 15) is 14.3 Å². The summed E-state index contributed by atoms with van der Waals surface area (Å²) in [6.45, 7) is 8.20. The molecule has 0 spiro atoms. The number of rotatable bonds is 5. The zero-order valence-corrected chi connectivity index (χ0v) is 14.9. The molecule has 2 rings (SSSR count). The van der Waals surface area contributed by atoms with Gasteiger partial charge in [0.05, 0.1) is 6.10 Å². The quantitative estimate of drug-likeness (QED) is 0.869. The number of nitrogens with zero attached hydrogens (tertiary/aromatic N) is 1. The van der Waals surface area contributed by atoms with Crippen molar-refractivity contribution in [2.45, 2.75) is 52.2 Å². The van der Waals surface area contributed by atoms with Crippen LogP contribution in [-0.2, 0) is 4.79 Å². The van der Waals surface area contributed by atoms with E-state index in [1.54, 1.807) is 12.1 Å². The molecule has 0 aliphatic carbocycles. The second-order valence-electron chi connectivity index (χ2n) is 7.87. The minimum Gasteiger partial charge on any atom is -0.387 e. The summed E-state index contributed by atoms with van der Waals surface area (Å²) < 4.78 is 12.9. The highest BCUT2D eigenvalue weighted by Gasteiger charge is 2.26. The van der Waals surface area contributed by atoms with Crippen LogP contribution in [0.15, 0.2) is 24.3 Å². The van der Waals surface area contributed by atoms with Gasteiger partial charge in [-0.25, -0.2) is 4.39 Å². The molecule has 0 saturated carbocycles. The maximum Gasteiger partial charge on any atom is 0.223 e. The fourth-order valence-corrected chi connectivity index (χ4v) is 2.98. The molecule has 134 valence electrons. The first kappa shape index (κ1) is 18.9. The SMILES string of the molecule is CC(C)(C)CC(=O)N1CCC(NCC(O)c2ccc(F)cc2)CC1. The summed E-state index contributed by atoms with van der Waals surface area (Å²) in [7, 11) is 0. The number of benzene rings is 1. The summed E-state index contributed by atoms with van der Waals surface area (Å²) in [5.41, 5.74) is 0.729. The number of likely N-dealkylation sites (tertiary alicyclic amines) is 1. The van der Waals surface area contributed by atoms with E-state index in [1.807, 2.05) is 4.90 Å². The molecular formula is C19H29FN2O2. The Hall–Kier alpha value is -1.46. The zero-order valence-electron chi connectivity index (χ0n) is 14.9. The van der Waals surface area contributed by atoms with E-state index in [1.165, 1.54) is 12.1 Å². The van der Waals surface area contributed by atoms with Crippen LogP contribution in [0.1, 0.15) is 51.7 Å². The first-order valence-corrected chi connectivity index (χ1v) is 8.69. The number of carbonyl (C=O) groups is 1. The van der Waals surface area contributed by atoms with E-state index in [0.717, 1.165) is 25.9 Å². The molecule has 1 aliphatic rings. The molecular weight excluding hydrogens is 307 g/mol. The van der Waals surface area contributed by atoms with Crippen molar-refractivity contribution >= 4 is 5.91 Å². The molecule has 1 aliphatic heterocycles. The molecule has 0 bridgehead atoms. The van der Waals surface area contributed by atoms with Crippen LogP contribution in [0.2, 0.25) is 0 Å². The highest BCUT2D eigenvalue weighted by atomic mass is 19.1. The van der Waals surface area contributed by atoms with Crippen molar-refractivity contribution in [3.8, 4) is 0 Å². The van der Waals surface area contributed by atoms with E-state index in [4.69, 9.17) is 0 Å². The smallest absolute Gasteiger partial charge is 0.223 e. The summed E-state index contributed by atoms with van der Waals surface area (Å²) in [6, 6.07) is 6.24. The fraction of sp³-hybridized carbons (Fsp3) is 0.632. The van der Waals surface area contributed by atoms with Gasteiger partial charge in [0, 0.05) is 32.1 Å². The Balaban J connectivity index is 1.73. The normalized spacial score (nSPS) is 17.8. The second-order valence-corrected chi connectivity index (χ2v) is 7.87. The molecule has 1 fully saturated rings. The number of piperidine rings is 1. The molecule has 1 heterocycles. The lowest BCUT2D eigenvalue weighted by atomic mass is 9.91. The van der Waals surface area contributed by atoms with Gasteiger partial charge in [0.25, 0.3) is 0 Å². The molecule has 0 radical (unpaired) electrons. The molecule has 5 heteroatoms. The summed E-state index contributed by atoms with van der Waals surface area (Å²) in [5, 5.41) is 13.5. The van der Waals surface area contributed by atoms with Gasteiger partial charge < -0.3 is 15.3 Å². The second kappa shape index (κ2) is 8.08. The van der Waals surface area contributed by atoms with Crippen LogP contribution in [0, 0.1) is 11.2 Å². The average molecular weight is 336 g/mol. The Labute approximate surface area is 144 Å². The van der Waals surface area contributed by atoms with Crippen LogP contribution in [0.5, 0.6) is 0 Å². The molecule has 1 unspecified atom stereocenters. The van der Waals surface area contributed by atoms with Crippen molar-refractivity contribution in [2.24, 2.45) is 5.41 Å². The van der Waals surface area contributed by atoms with Gasteiger partial charge in [0.2, 0.25) is 5.91 Å². The van der Waals surface area contributed by atoms with Gasteiger partial charge in [-0.2, -0.15) is 0 Å². The Morgan fingerprint density at radius 3 is 2.42 bits per heavy atom. The number of nitrogens with one attached hydrogen (secondary N) is 1. The van der Waals surface area contributed by atoms with Crippen LogP contribution in [-0.4, -0.2) is 41.6 Å². The van der Waals surface area contributed by atoms with Gasteiger partial charge in [-0.3, -0.25) is 4.79 Å². The van der Waals surface area contributed by atoms with Gasteiger partial charge in [-0.05, 0) is 36.0 Å². The van der Waals surface area contributed by atoms with E-state index >= 15 is 0 Å². The molecule has 24 heavy (non-hydrogen) atoms. The maximum atomic E-state index is 12.9. The number of aliphatic hydroxyl groups excluding tert-OH is 1. The summed E-state index contributed by atoms with van der Waals surface area (Å²) in [6.07, 6.45) is 1.72. The van der Waals surface area contributed by atoms with Crippen LogP contribution >= 0.6 is 0 Å². The third kappa shape index (κ3) is 5.87. The zero-order chi connectivity index (χ0) is 17.7. The molecule has 1 amide bonds. The Morgan fingerprint density at radius 1 is 1.29 bits per heavy atom. The number of hydrogen-bond donors (Lipinski definition) is 2. The summed E-state index contributed by atoms with van der Waals surface area (Å²) in [5.74, 6) is -0.0708. The molecule has 4 nitrogen and oxygen atoms in total. The molecule has 1 saturated heterocycles. The topological polar surface area (TPSA) is 52.6 Å². The van der Waals surface area contributed by atoms with Crippen molar-refractivity contribution in [1.29, 1.82) is 0 Å². The minimum atomic E-state index is -0.647. The lowest BCUT2D eigenvalue weighted by molar-refractivity contribution is -0.134. The van der Waals surface area contributed by atoms with Crippen molar-refractivity contribution < 1.29 is 14.3 Å². The number of halogens is 1. The number of amides is 1. The van der Waals surface area contributed by atoms with E-state index in [2.05, 4.69) is 26.1 Å². The van der Waals surface area contributed by atoms with E-state index in [-0.39, 0.29) is 17.1 Å². The van der Waals surface area contributed by atoms with Crippen LogP contribution in [0.25, 0.3) is 0 Å². The monoisotopic (exact) mass is 336 g/mol. The van der Waals surface area contributed by atoms with Gasteiger partial charge >= 0.3 is 0 Å². The first-order valence-electron chi connectivity index (χ1n) is 8.69. The fourth-order valence-electron chi connectivity index (χ4n) is 2.98. The summed E-state index contributed by atoms with van der Waals surface area (Å²) in [4.78, 5) is 14.2. The van der Waals surface area contributed by atoms with Gasteiger partial charge in [-0.1, -0.05) is 32.9 Å². The predicted octanol–water partition coefficient (Wildman–Crippen LogP) is 2.88. The average Bonchev–Trinajstić information content (AvgIpc) is 2.52. The van der Waals surface area contributed by atoms with Crippen molar-refractivity contribution in [2.75, 3.05) is 19.6 Å². The Kier molecular flexibility index (Phi) is 6.35. The van der Waals surface area contributed by atoms with E-state index in [0.29, 0.717) is 24.6 Å². The molecule has 0 aromatic heterocycles. The third-order valence-electron chi connectivity index (χ3n) is 4.38. The van der Waals surface area contributed by atoms with Crippen LogP contribution < -0.4 is 5.32 Å². The molecule has 1 aromatic rings. The van der Waals surface area contributed by atoms with Crippen LogP contribution in [0.4, 0.5) is 4.39 Å². The maximum absolute atomic E-state index is 12.9. The van der Waals surface area contributed by atoms with Crippen molar-refractivity contribution in [3.63, 3.8) is 0 Å². The lowest BCUT2D eigenvalue weighted by Gasteiger charge is -2.34. The minimum absolute atomic E-state index is 0.0193. The number of aliphatic hydroxyl groups is 1. The lowest BCUT2D eigenvalue weighted by Crippen LogP contribution is -2.46. The van der Waals surface area contributed by atoms with Gasteiger partial charge in [-0.15, -0.1) is 0 Å². The number of hydrogen-bond acceptors (Lipinski definition) is 3.